The molecule has 0 aliphatic carbocycles. The summed E-state index contributed by atoms with van der Waals surface area (Å²) in [6, 6.07) is 18.4. The monoisotopic (exact) mass is 628 g/mol. The van der Waals surface area contributed by atoms with Crippen molar-refractivity contribution in [2.24, 2.45) is 0 Å². The molecule has 0 aliphatic heterocycles. The molecule has 45 heavy (non-hydrogen) atoms. The summed E-state index contributed by atoms with van der Waals surface area (Å²) in [5.74, 6) is 0.805. The van der Waals surface area contributed by atoms with E-state index in [1.807, 2.05) is 57.2 Å². The lowest BCUT2D eigenvalue weighted by Crippen LogP contribution is -2.35. The Morgan fingerprint density at radius 3 is 2.38 bits per heavy atom. The number of nitriles is 1. The minimum atomic E-state index is -0.510. The number of nitrogens with zero attached hydrogens (tertiary/aromatic N) is 2. The van der Waals surface area contributed by atoms with Gasteiger partial charge in [-0.15, -0.1) is 0 Å². The summed E-state index contributed by atoms with van der Waals surface area (Å²) in [5.41, 5.74) is 7.34. The molecule has 0 spiro atoms. The van der Waals surface area contributed by atoms with Crippen molar-refractivity contribution in [1.29, 1.82) is 5.26 Å². The van der Waals surface area contributed by atoms with Crippen LogP contribution < -0.4 is 20.1 Å². The van der Waals surface area contributed by atoms with E-state index in [-0.39, 0.29) is 38.9 Å². The Morgan fingerprint density at radius 1 is 0.956 bits per heavy atom. The molecule has 0 fully saturated rings. The van der Waals surface area contributed by atoms with Gasteiger partial charge in [0.15, 0.2) is 0 Å². The molecule has 0 aliphatic rings. The number of rotatable bonds is 14. The highest BCUT2D eigenvalue weighted by molar-refractivity contribution is 6.32. The predicted octanol–water partition coefficient (Wildman–Crippen LogP) is 5.24. The van der Waals surface area contributed by atoms with Crippen molar-refractivity contribution >= 4 is 17.5 Å². The number of aliphatic hydroxyl groups excluding tert-OH is 2. The third-order valence-corrected chi connectivity index (χ3v) is 7.79. The van der Waals surface area contributed by atoms with E-state index in [4.69, 9.17) is 21.1 Å². The van der Waals surface area contributed by atoms with E-state index in [1.54, 1.807) is 24.4 Å². The number of aliphatic hydroxyl groups is 2. The summed E-state index contributed by atoms with van der Waals surface area (Å²) in [7, 11) is 0. The fourth-order valence-electron chi connectivity index (χ4n) is 4.91. The van der Waals surface area contributed by atoms with Crippen molar-refractivity contribution in [3.8, 4) is 28.7 Å². The minimum Gasteiger partial charge on any atom is -0.488 e. The second kappa shape index (κ2) is 16.0. The first-order valence-corrected chi connectivity index (χ1v) is 15.0. The Labute approximate surface area is 268 Å². The standard InChI is InChI=1S/C35H37ClN4O5/c1-4-39-35(43)31-10-6-9-30(23(31)3)29-8-5-7-26(22(29)2)21-45-34-13-33(44-20-25-11-24(14-37)15-38-16-25)27(12-32(34)36)17-40-28(18-41)19-42/h5-13,15-16,28,40-42H,4,17-21H2,1-3H3,(H,39,43). The second-order valence-electron chi connectivity index (χ2n) is 10.5. The van der Waals surface area contributed by atoms with Crippen LogP contribution >= 0.6 is 11.6 Å². The van der Waals surface area contributed by atoms with Gasteiger partial charge in [-0.2, -0.15) is 5.26 Å². The van der Waals surface area contributed by atoms with Gasteiger partial charge in [-0.05, 0) is 66.8 Å². The SMILES string of the molecule is CCNC(=O)c1cccc(-c2cccc(COc3cc(OCc4cncc(C#N)c4)c(CNC(CO)CO)cc3Cl)c2C)c1C. The molecule has 10 heteroatoms. The molecule has 1 heterocycles. The molecule has 0 bridgehead atoms. The highest BCUT2D eigenvalue weighted by atomic mass is 35.5. The lowest BCUT2D eigenvalue weighted by molar-refractivity contribution is 0.0955. The first-order valence-electron chi connectivity index (χ1n) is 14.6. The van der Waals surface area contributed by atoms with Gasteiger partial charge >= 0.3 is 0 Å². The fraction of sp³-hybridized carbons (Fsp3) is 0.286. The minimum absolute atomic E-state index is 0.0995. The van der Waals surface area contributed by atoms with Gasteiger partial charge in [-0.25, -0.2) is 0 Å². The van der Waals surface area contributed by atoms with Crippen molar-refractivity contribution in [1.82, 2.24) is 15.6 Å². The Bertz CT molecular complexity index is 1680. The molecule has 0 saturated carbocycles. The lowest BCUT2D eigenvalue weighted by Gasteiger charge is -2.19. The lowest BCUT2D eigenvalue weighted by atomic mass is 9.91. The van der Waals surface area contributed by atoms with Crippen molar-refractivity contribution in [2.45, 2.75) is 46.6 Å². The van der Waals surface area contributed by atoms with Gasteiger partial charge < -0.3 is 30.3 Å². The van der Waals surface area contributed by atoms with Gasteiger partial charge in [0.05, 0.1) is 29.8 Å². The fourth-order valence-corrected chi connectivity index (χ4v) is 5.15. The van der Waals surface area contributed by atoms with Crippen molar-refractivity contribution in [3.63, 3.8) is 0 Å². The third-order valence-electron chi connectivity index (χ3n) is 7.49. The van der Waals surface area contributed by atoms with Crippen molar-refractivity contribution in [2.75, 3.05) is 19.8 Å². The zero-order valence-corrected chi connectivity index (χ0v) is 26.3. The normalized spacial score (nSPS) is 10.9. The Balaban J connectivity index is 1.59. The van der Waals surface area contributed by atoms with Crippen LogP contribution in [0.25, 0.3) is 11.1 Å². The molecular formula is C35H37ClN4O5. The van der Waals surface area contributed by atoms with Gasteiger partial charge in [-0.3, -0.25) is 9.78 Å². The molecule has 234 valence electrons. The van der Waals surface area contributed by atoms with E-state index >= 15 is 0 Å². The third kappa shape index (κ3) is 8.38. The van der Waals surface area contributed by atoms with Crippen LogP contribution in [0.5, 0.6) is 11.5 Å². The van der Waals surface area contributed by atoms with Crippen LogP contribution in [0, 0.1) is 25.2 Å². The van der Waals surface area contributed by atoms with Gasteiger partial charge in [0, 0.05) is 48.2 Å². The quantitative estimate of drug-likeness (QED) is 0.149. The summed E-state index contributed by atoms with van der Waals surface area (Å²) in [6.45, 7) is 6.62. The van der Waals surface area contributed by atoms with E-state index < -0.39 is 6.04 Å². The van der Waals surface area contributed by atoms with Crippen LogP contribution in [-0.4, -0.2) is 46.9 Å². The number of ether oxygens (including phenoxy) is 2. The zero-order valence-electron chi connectivity index (χ0n) is 25.6. The van der Waals surface area contributed by atoms with E-state index in [0.29, 0.717) is 45.3 Å². The van der Waals surface area contributed by atoms with Gasteiger partial charge in [0.2, 0.25) is 0 Å². The average molecular weight is 629 g/mol. The zero-order chi connectivity index (χ0) is 32.3. The number of nitrogens with one attached hydrogen (secondary N) is 2. The molecule has 4 N–H and O–H groups in total. The Kier molecular flexibility index (Phi) is 11.9. The molecule has 9 nitrogen and oxygen atoms in total. The van der Waals surface area contributed by atoms with Gasteiger partial charge in [0.25, 0.3) is 5.91 Å². The Morgan fingerprint density at radius 2 is 1.67 bits per heavy atom. The first-order chi connectivity index (χ1) is 21.8. The number of halogens is 1. The number of aromatic nitrogens is 1. The summed E-state index contributed by atoms with van der Waals surface area (Å²) < 4.78 is 12.4. The van der Waals surface area contributed by atoms with Crippen molar-refractivity contribution < 1.29 is 24.5 Å². The molecular weight excluding hydrogens is 592 g/mol. The number of carbonyl (C=O) groups excluding carboxylic acids is 1. The van der Waals surface area contributed by atoms with Crippen LogP contribution in [-0.2, 0) is 19.8 Å². The molecule has 1 amide bonds. The maximum absolute atomic E-state index is 12.6. The molecule has 3 aromatic carbocycles. The van der Waals surface area contributed by atoms with Crippen LogP contribution in [0.2, 0.25) is 5.02 Å². The summed E-state index contributed by atoms with van der Waals surface area (Å²) in [5, 5.41) is 34.5. The molecule has 4 rings (SSSR count). The number of carbonyl (C=O) groups is 1. The number of benzene rings is 3. The summed E-state index contributed by atoms with van der Waals surface area (Å²) in [4.78, 5) is 16.7. The van der Waals surface area contributed by atoms with Crippen LogP contribution in [0.4, 0.5) is 0 Å². The number of hydrogen-bond acceptors (Lipinski definition) is 8. The molecule has 4 aromatic rings. The molecule has 1 aromatic heterocycles. The predicted molar refractivity (Wildman–Crippen MR) is 173 cm³/mol. The van der Waals surface area contributed by atoms with E-state index in [1.165, 1.54) is 6.20 Å². The van der Waals surface area contributed by atoms with Gasteiger partial charge in [-0.1, -0.05) is 41.9 Å². The summed E-state index contributed by atoms with van der Waals surface area (Å²) in [6.07, 6.45) is 3.11. The van der Waals surface area contributed by atoms with E-state index in [2.05, 4.69) is 21.7 Å². The number of pyridine rings is 1. The van der Waals surface area contributed by atoms with Crippen molar-refractivity contribution in [3.05, 3.63) is 111 Å². The van der Waals surface area contributed by atoms with Gasteiger partial charge in [0.1, 0.15) is 30.8 Å². The Hall–Kier alpha value is -4.46. The van der Waals surface area contributed by atoms with E-state index in [0.717, 1.165) is 27.8 Å². The molecule has 0 saturated heterocycles. The highest BCUT2D eigenvalue weighted by Gasteiger charge is 2.17. The molecule has 0 atom stereocenters. The van der Waals surface area contributed by atoms with Crippen LogP contribution in [0.1, 0.15) is 50.7 Å². The number of hydrogen-bond donors (Lipinski definition) is 4. The maximum atomic E-state index is 12.6. The highest BCUT2D eigenvalue weighted by Crippen LogP contribution is 2.35. The average Bonchev–Trinajstić information content (AvgIpc) is 3.05. The molecule has 0 radical (unpaired) electrons. The van der Waals surface area contributed by atoms with Crippen LogP contribution in [0.3, 0.4) is 0 Å². The summed E-state index contributed by atoms with van der Waals surface area (Å²) >= 11 is 6.68. The molecule has 0 unspecified atom stereocenters. The van der Waals surface area contributed by atoms with E-state index in [9.17, 15) is 20.3 Å². The topological polar surface area (TPSA) is 137 Å². The smallest absolute Gasteiger partial charge is 0.251 e. The second-order valence-corrected chi connectivity index (χ2v) is 10.9. The van der Waals surface area contributed by atoms with Crippen LogP contribution in [0.15, 0.2) is 67.0 Å². The largest absolute Gasteiger partial charge is 0.488 e. The maximum Gasteiger partial charge on any atom is 0.251 e. The first kappa shape index (κ1) is 33.4. The number of amides is 1.